The van der Waals surface area contributed by atoms with Crippen LogP contribution in [-0.2, 0) is 17.6 Å². The van der Waals surface area contributed by atoms with E-state index in [9.17, 15) is 14.7 Å². The highest BCUT2D eigenvalue weighted by molar-refractivity contribution is 5.80. The first-order chi connectivity index (χ1) is 21.6. The smallest absolute Gasteiger partial charge is 0.388 e. The van der Waals surface area contributed by atoms with Crippen LogP contribution in [0.1, 0.15) is 82.7 Å². The zero-order chi connectivity index (χ0) is 31.7. The van der Waals surface area contributed by atoms with Gasteiger partial charge in [-0.25, -0.2) is 9.31 Å². The molecule has 1 atom stereocenters. The Kier molecular flexibility index (Phi) is 8.61. The van der Waals surface area contributed by atoms with Crippen LogP contribution in [-0.4, -0.2) is 47.2 Å². The molecule has 1 unspecified atom stereocenters. The lowest BCUT2D eigenvalue weighted by Gasteiger charge is -2.35. The summed E-state index contributed by atoms with van der Waals surface area (Å²) >= 11 is 0. The molecular weight excluding hydrogens is 570 g/mol. The minimum Gasteiger partial charge on any atom is -0.388 e. The zero-order valence-corrected chi connectivity index (χ0v) is 26.3. The van der Waals surface area contributed by atoms with Crippen molar-refractivity contribution in [1.82, 2.24) is 24.3 Å². The molecule has 0 amide bonds. The van der Waals surface area contributed by atoms with Crippen molar-refractivity contribution < 1.29 is 14.4 Å². The van der Waals surface area contributed by atoms with Crippen LogP contribution >= 0.6 is 0 Å². The summed E-state index contributed by atoms with van der Waals surface area (Å²) in [6.45, 7) is 7.57. The lowest BCUT2D eigenvalue weighted by molar-refractivity contribution is -0.118. The van der Waals surface area contributed by atoms with Gasteiger partial charge < -0.3 is 9.84 Å². The number of hydrogen-bond acceptors (Lipinski definition) is 7. The first-order valence-corrected chi connectivity index (χ1v) is 15.9. The molecule has 0 aliphatic heterocycles. The molecular formula is C35H41N5O5. The van der Waals surface area contributed by atoms with Crippen molar-refractivity contribution in [3.63, 3.8) is 0 Å². The summed E-state index contributed by atoms with van der Waals surface area (Å²) < 4.78 is 14.8. The highest BCUT2D eigenvalue weighted by atomic mass is 16.5. The molecule has 1 aliphatic carbocycles. The second kappa shape index (κ2) is 12.6. The van der Waals surface area contributed by atoms with Gasteiger partial charge in [0.1, 0.15) is 5.65 Å². The molecule has 3 heterocycles. The Hall–Kier alpha value is -4.28. The van der Waals surface area contributed by atoms with E-state index < -0.39 is 11.4 Å². The van der Waals surface area contributed by atoms with E-state index in [2.05, 4.69) is 34.3 Å². The number of fused-ring (bicyclic) bond motifs is 1. The van der Waals surface area contributed by atoms with Gasteiger partial charge in [0, 0.05) is 29.7 Å². The van der Waals surface area contributed by atoms with Gasteiger partial charge in [0.2, 0.25) is 0 Å². The zero-order valence-electron chi connectivity index (χ0n) is 26.3. The average Bonchev–Trinajstić information content (AvgIpc) is 3.69. The van der Waals surface area contributed by atoms with E-state index in [0.717, 1.165) is 77.7 Å². The SMILES string of the molecule is CCCc1c(Cc2ccc(-c3ccccc3-c3noc(=O)[nH]3)cc2)c(=O)n([C@H]2CC[C@H](OC(C)C(C)(C)O)CC2)c2ccnn12. The molecule has 1 aliphatic rings. The number of hydrogen-bond donors (Lipinski definition) is 2. The minimum atomic E-state index is -0.902. The summed E-state index contributed by atoms with van der Waals surface area (Å²) in [5.74, 6) is -0.219. The number of aryl methyl sites for hydroxylation is 1. The maximum Gasteiger partial charge on any atom is 0.439 e. The van der Waals surface area contributed by atoms with Crippen LogP contribution in [0.4, 0.5) is 0 Å². The predicted octanol–water partition coefficient (Wildman–Crippen LogP) is 5.71. The minimum absolute atomic E-state index is 0.0464. The third-order valence-electron chi connectivity index (χ3n) is 9.11. The number of rotatable bonds is 10. The van der Waals surface area contributed by atoms with E-state index in [0.29, 0.717) is 12.2 Å². The molecule has 0 saturated heterocycles. The molecule has 0 radical (unpaired) electrons. The van der Waals surface area contributed by atoms with Crippen LogP contribution in [0.25, 0.3) is 28.2 Å². The van der Waals surface area contributed by atoms with Crippen LogP contribution in [0.15, 0.2) is 74.9 Å². The summed E-state index contributed by atoms with van der Waals surface area (Å²) in [7, 11) is 0. The third kappa shape index (κ3) is 6.30. The second-order valence-electron chi connectivity index (χ2n) is 12.7. The van der Waals surface area contributed by atoms with Crippen LogP contribution in [0.5, 0.6) is 0 Å². The summed E-state index contributed by atoms with van der Waals surface area (Å²) in [5.41, 5.74) is 5.38. The van der Waals surface area contributed by atoms with Crippen molar-refractivity contribution in [2.24, 2.45) is 0 Å². The van der Waals surface area contributed by atoms with E-state index in [-0.39, 0.29) is 23.8 Å². The Bertz CT molecular complexity index is 1880. The number of aromatic amines is 1. The van der Waals surface area contributed by atoms with Gasteiger partial charge >= 0.3 is 5.76 Å². The summed E-state index contributed by atoms with van der Waals surface area (Å²) in [4.78, 5) is 28.6. The van der Waals surface area contributed by atoms with Gasteiger partial charge in [0.15, 0.2) is 5.82 Å². The van der Waals surface area contributed by atoms with Gasteiger partial charge in [-0.3, -0.25) is 18.9 Å². The summed E-state index contributed by atoms with van der Waals surface area (Å²) in [6, 6.07) is 17.9. The molecule has 236 valence electrons. The highest BCUT2D eigenvalue weighted by Gasteiger charge is 2.31. The van der Waals surface area contributed by atoms with Crippen molar-refractivity contribution in [3.8, 4) is 22.5 Å². The van der Waals surface area contributed by atoms with Gasteiger partial charge in [-0.1, -0.05) is 67.0 Å². The first-order valence-electron chi connectivity index (χ1n) is 15.9. The Balaban J connectivity index is 1.30. The fraction of sp³-hybridized carbons (Fsp3) is 0.429. The van der Waals surface area contributed by atoms with Crippen LogP contribution in [0.3, 0.4) is 0 Å². The number of nitrogens with zero attached hydrogens (tertiary/aromatic N) is 4. The fourth-order valence-electron chi connectivity index (χ4n) is 6.40. The standard InChI is InChI=1S/C35H41N5O5/c1-5-8-30-29(21-23-11-13-24(14-12-23)27-9-6-7-10-28(27)32-37-34(42)45-38-32)33(41)39(31-19-20-36-40(30)31)25-15-17-26(18-16-25)44-22(2)35(3,4)43/h6-7,9-14,19-20,22,25-26,43H,5,8,15-18,21H2,1-4H3,(H,37,38,42)/t22?,25-,26-. The Labute approximate surface area is 261 Å². The van der Waals surface area contributed by atoms with Crippen molar-refractivity contribution in [1.29, 1.82) is 0 Å². The third-order valence-corrected chi connectivity index (χ3v) is 9.11. The normalized spacial score (nSPS) is 18.0. The first kappa shape index (κ1) is 30.7. The molecule has 1 saturated carbocycles. The monoisotopic (exact) mass is 611 g/mol. The molecule has 2 N–H and O–H groups in total. The number of benzene rings is 2. The van der Waals surface area contributed by atoms with Crippen molar-refractivity contribution in [3.05, 3.63) is 98.5 Å². The molecule has 6 rings (SSSR count). The Morgan fingerprint density at radius 2 is 1.76 bits per heavy atom. The molecule has 5 aromatic rings. The maximum atomic E-state index is 14.4. The van der Waals surface area contributed by atoms with Gasteiger partial charge in [-0.2, -0.15) is 5.10 Å². The predicted molar refractivity (Wildman–Crippen MR) is 172 cm³/mol. The van der Waals surface area contributed by atoms with E-state index in [1.54, 1.807) is 20.0 Å². The number of nitrogens with one attached hydrogen (secondary N) is 1. The Morgan fingerprint density at radius 3 is 2.40 bits per heavy atom. The van der Waals surface area contributed by atoms with E-state index in [1.165, 1.54) is 0 Å². The quantitative estimate of drug-likeness (QED) is 0.207. The van der Waals surface area contributed by atoms with Crippen molar-refractivity contribution in [2.45, 2.75) is 96.5 Å². The lowest BCUT2D eigenvalue weighted by Crippen LogP contribution is -2.40. The largest absolute Gasteiger partial charge is 0.439 e. The van der Waals surface area contributed by atoms with Gasteiger partial charge in [-0.15, -0.1) is 0 Å². The number of aliphatic hydroxyl groups is 1. The highest BCUT2D eigenvalue weighted by Crippen LogP contribution is 2.33. The van der Waals surface area contributed by atoms with Crippen molar-refractivity contribution >= 4 is 5.65 Å². The fourth-order valence-corrected chi connectivity index (χ4v) is 6.40. The van der Waals surface area contributed by atoms with Gasteiger partial charge in [0.25, 0.3) is 5.56 Å². The number of aromatic nitrogens is 5. The van der Waals surface area contributed by atoms with Crippen molar-refractivity contribution in [2.75, 3.05) is 0 Å². The van der Waals surface area contributed by atoms with Crippen LogP contribution in [0, 0.1) is 0 Å². The second-order valence-corrected chi connectivity index (χ2v) is 12.7. The number of H-pyrrole nitrogens is 1. The molecule has 2 aromatic carbocycles. The molecule has 10 heteroatoms. The topological polar surface area (TPSA) is 128 Å². The van der Waals surface area contributed by atoms with E-state index in [4.69, 9.17) is 9.26 Å². The van der Waals surface area contributed by atoms with Gasteiger partial charge in [-0.05, 0) is 69.6 Å². The molecule has 0 bridgehead atoms. The molecule has 0 spiro atoms. The Morgan fingerprint density at radius 1 is 1.04 bits per heavy atom. The molecule has 1 fully saturated rings. The average molecular weight is 612 g/mol. The molecule has 45 heavy (non-hydrogen) atoms. The summed E-state index contributed by atoms with van der Waals surface area (Å²) in [5, 5.41) is 18.9. The van der Waals surface area contributed by atoms with Gasteiger partial charge in [0.05, 0.1) is 29.7 Å². The number of ether oxygens (including phenoxy) is 1. The lowest BCUT2D eigenvalue weighted by atomic mass is 9.91. The molecule has 10 nitrogen and oxygen atoms in total. The van der Waals surface area contributed by atoms with Crippen LogP contribution in [0.2, 0.25) is 0 Å². The maximum absolute atomic E-state index is 14.4. The van der Waals surface area contributed by atoms with E-state index >= 15 is 0 Å². The van der Waals surface area contributed by atoms with E-state index in [1.807, 2.05) is 58.5 Å². The molecule has 3 aromatic heterocycles. The summed E-state index contributed by atoms with van der Waals surface area (Å²) in [6.07, 6.45) is 7.01. The van der Waals surface area contributed by atoms with Crippen LogP contribution < -0.4 is 11.3 Å².